The fourth-order valence-corrected chi connectivity index (χ4v) is 1.28. The molecule has 1 rings (SSSR count). The number of nitrogens with two attached hydrogens (primary N) is 1. The molecule has 0 fully saturated rings. The average Bonchev–Trinajstić information content (AvgIpc) is 2.33. The standard InChI is InChI=1S/C10H11F2N3O5/c1-5(16)6-4-7(15(17)18)8(13)14-9(6)19-2-3-20-10(11)12/h4,10H,2-3H2,1H3,(H2,13,14). The number of alkyl halides is 2. The number of pyridine rings is 1. The molecule has 0 unspecified atom stereocenters. The topological polar surface area (TPSA) is 118 Å². The number of hydrogen-bond donors (Lipinski definition) is 1. The quantitative estimate of drug-likeness (QED) is 0.349. The number of anilines is 1. The smallest absolute Gasteiger partial charge is 0.345 e. The van der Waals surface area contributed by atoms with Crippen molar-refractivity contribution in [3.63, 3.8) is 0 Å². The monoisotopic (exact) mass is 291 g/mol. The van der Waals surface area contributed by atoms with E-state index in [1.807, 2.05) is 0 Å². The molecule has 1 aromatic rings. The summed E-state index contributed by atoms with van der Waals surface area (Å²) in [5, 5.41) is 10.7. The maximum Gasteiger partial charge on any atom is 0.345 e. The van der Waals surface area contributed by atoms with E-state index in [4.69, 9.17) is 10.5 Å². The first-order valence-electron chi connectivity index (χ1n) is 5.31. The van der Waals surface area contributed by atoms with Gasteiger partial charge in [-0.25, -0.2) is 0 Å². The lowest BCUT2D eigenvalue weighted by atomic mass is 10.2. The van der Waals surface area contributed by atoms with Gasteiger partial charge in [0.05, 0.1) is 17.1 Å². The first-order valence-corrected chi connectivity index (χ1v) is 5.31. The van der Waals surface area contributed by atoms with Gasteiger partial charge in [0, 0.05) is 6.07 Å². The fourth-order valence-electron chi connectivity index (χ4n) is 1.28. The summed E-state index contributed by atoms with van der Waals surface area (Å²) in [6.45, 7) is -2.54. The third-order valence-electron chi connectivity index (χ3n) is 2.14. The van der Waals surface area contributed by atoms with Crippen molar-refractivity contribution in [2.75, 3.05) is 18.9 Å². The molecule has 0 atom stereocenters. The summed E-state index contributed by atoms with van der Waals surface area (Å²) in [4.78, 5) is 24.8. The van der Waals surface area contributed by atoms with Crippen molar-refractivity contribution in [3.8, 4) is 5.88 Å². The molecular weight excluding hydrogens is 280 g/mol. The lowest BCUT2D eigenvalue weighted by Crippen LogP contribution is -2.13. The highest BCUT2D eigenvalue weighted by molar-refractivity contribution is 5.97. The van der Waals surface area contributed by atoms with Gasteiger partial charge < -0.3 is 15.2 Å². The van der Waals surface area contributed by atoms with Gasteiger partial charge in [0.2, 0.25) is 11.7 Å². The molecule has 0 aliphatic heterocycles. The summed E-state index contributed by atoms with van der Waals surface area (Å²) in [5.74, 6) is -1.24. The van der Waals surface area contributed by atoms with Gasteiger partial charge in [0.1, 0.15) is 6.61 Å². The Morgan fingerprint density at radius 3 is 2.70 bits per heavy atom. The first-order chi connectivity index (χ1) is 9.32. The predicted molar refractivity (Wildman–Crippen MR) is 62.8 cm³/mol. The number of rotatable bonds is 7. The van der Waals surface area contributed by atoms with Crippen molar-refractivity contribution in [2.24, 2.45) is 0 Å². The van der Waals surface area contributed by atoms with Crippen molar-refractivity contribution >= 4 is 17.3 Å². The average molecular weight is 291 g/mol. The van der Waals surface area contributed by atoms with Gasteiger partial charge in [0.15, 0.2) is 5.78 Å². The minimum absolute atomic E-state index is 0.164. The zero-order valence-corrected chi connectivity index (χ0v) is 10.3. The number of nitrogens with zero attached hydrogens (tertiary/aromatic N) is 2. The van der Waals surface area contributed by atoms with Crippen LogP contribution in [-0.2, 0) is 4.74 Å². The number of hydrogen-bond acceptors (Lipinski definition) is 7. The number of aromatic nitrogens is 1. The summed E-state index contributed by atoms with van der Waals surface area (Å²) >= 11 is 0. The number of ketones is 1. The number of carbonyl (C=O) groups excluding carboxylic acids is 1. The number of halogens is 2. The maximum absolute atomic E-state index is 11.7. The second kappa shape index (κ2) is 6.70. The molecule has 2 N–H and O–H groups in total. The Hall–Kier alpha value is -2.36. The van der Waals surface area contributed by atoms with Gasteiger partial charge in [-0.15, -0.1) is 0 Å². The summed E-state index contributed by atoms with van der Waals surface area (Å²) in [5.41, 5.74) is 4.65. The lowest BCUT2D eigenvalue weighted by Gasteiger charge is -2.09. The van der Waals surface area contributed by atoms with Crippen LogP contribution < -0.4 is 10.5 Å². The molecule has 0 radical (unpaired) electrons. The fraction of sp³-hybridized carbons (Fsp3) is 0.400. The van der Waals surface area contributed by atoms with E-state index in [9.17, 15) is 23.7 Å². The Morgan fingerprint density at radius 1 is 1.55 bits per heavy atom. The number of nitrogen functional groups attached to an aromatic ring is 1. The molecule has 0 spiro atoms. The zero-order chi connectivity index (χ0) is 15.3. The molecule has 0 amide bonds. The molecule has 20 heavy (non-hydrogen) atoms. The van der Waals surface area contributed by atoms with E-state index in [0.29, 0.717) is 0 Å². The van der Waals surface area contributed by atoms with Crippen molar-refractivity contribution in [1.82, 2.24) is 4.98 Å². The normalized spacial score (nSPS) is 10.6. The molecule has 110 valence electrons. The summed E-state index contributed by atoms with van der Waals surface area (Å²) in [6, 6.07) is 0.925. The van der Waals surface area contributed by atoms with E-state index in [1.165, 1.54) is 0 Å². The Labute approximate surface area is 111 Å². The van der Waals surface area contributed by atoms with Crippen LogP contribution in [0.25, 0.3) is 0 Å². The SMILES string of the molecule is CC(=O)c1cc([N+](=O)[O-])c(N)nc1OCCOC(F)F. The van der Waals surface area contributed by atoms with Crippen LogP contribution >= 0.6 is 0 Å². The molecule has 0 aliphatic rings. The van der Waals surface area contributed by atoms with Crippen LogP contribution in [0.1, 0.15) is 17.3 Å². The van der Waals surface area contributed by atoms with E-state index < -0.39 is 35.4 Å². The second-order valence-electron chi connectivity index (χ2n) is 3.54. The van der Waals surface area contributed by atoms with Crippen molar-refractivity contribution in [2.45, 2.75) is 13.5 Å². The molecule has 10 heteroatoms. The van der Waals surface area contributed by atoms with E-state index in [0.717, 1.165) is 13.0 Å². The van der Waals surface area contributed by atoms with Gasteiger partial charge in [-0.3, -0.25) is 14.9 Å². The van der Waals surface area contributed by atoms with Crippen LogP contribution in [0.3, 0.4) is 0 Å². The maximum atomic E-state index is 11.7. The van der Waals surface area contributed by atoms with Crippen molar-refractivity contribution < 1.29 is 28.0 Å². The van der Waals surface area contributed by atoms with Crippen LogP contribution in [0.5, 0.6) is 5.88 Å². The molecule has 1 aromatic heterocycles. The molecule has 0 saturated carbocycles. The Bertz CT molecular complexity index is 524. The van der Waals surface area contributed by atoms with Gasteiger partial charge in [-0.05, 0) is 6.92 Å². The van der Waals surface area contributed by atoms with E-state index >= 15 is 0 Å². The van der Waals surface area contributed by atoms with Crippen LogP contribution in [0.15, 0.2) is 6.07 Å². The highest BCUT2D eigenvalue weighted by Gasteiger charge is 2.21. The molecule has 1 heterocycles. The third kappa shape index (κ3) is 4.09. The van der Waals surface area contributed by atoms with E-state index in [1.54, 1.807) is 0 Å². The third-order valence-corrected chi connectivity index (χ3v) is 2.14. The Balaban J connectivity index is 2.92. The second-order valence-corrected chi connectivity index (χ2v) is 3.54. The largest absolute Gasteiger partial charge is 0.475 e. The van der Waals surface area contributed by atoms with Gasteiger partial charge in [-0.2, -0.15) is 13.8 Å². The summed E-state index contributed by atoms with van der Waals surface area (Å²) < 4.78 is 32.4. The molecule has 0 aliphatic carbocycles. The number of ether oxygens (including phenoxy) is 2. The highest BCUT2D eigenvalue weighted by atomic mass is 19.3. The minimum Gasteiger partial charge on any atom is -0.475 e. The Kier molecular flexibility index (Phi) is 5.26. The van der Waals surface area contributed by atoms with Gasteiger partial charge in [-0.1, -0.05) is 0 Å². The number of nitro groups is 1. The first kappa shape index (κ1) is 15.7. The van der Waals surface area contributed by atoms with E-state index in [2.05, 4.69) is 9.72 Å². The summed E-state index contributed by atoms with van der Waals surface area (Å²) in [6.07, 6.45) is 0. The lowest BCUT2D eigenvalue weighted by molar-refractivity contribution is -0.384. The summed E-state index contributed by atoms with van der Waals surface area (Å²) in [7, 11) is 0. The zero-order valence-electron chi connectivity index (χ0n) is 10.3. The van der Waals surface area contributed by atoms with Crippen LogP contribution in [0.4, 0.5) is 20.3 Å². The molecule has 8 nitrogen and oxygen atoms in total. The van der Waals surface area contributed by atoms with Crippen LogP contribution in [0, 0.1) is 10.1 Å². The van der Waals surface area contributed by atoms with Crippen LogP contribution in [0.2, 0.25) is 0 Å². The van der Waals surface area contributed by atoms with E-state index in [-0.39, 0.29) is 18.1 Å². The van der Waals surface area contributed by atoms with Gasteiger partial charge in [0.25, 0.3) is 0 Å². The predicted octanol–water partition coefficient (Wildman–Crippen LogP) is 1.39. The molecule has 0 bridgehead atoms. The van der Waals surface area contributed by atoms with Crippen LogP contribution in [-0.4, -0.2) is 35.5 Å². The number of carbonyl (C=O) groups is 1. The molecule has 0 saturated heterocycles. The molecular formula is C10H11F2N3O5. The molecule has 0 aromatic carbocycles. The Morgan fingerprint density at radius 2 is 2.20 bits per heavy atom. The minimum atomic E-state index is -2.94. The van der Waals surface area contributed by atoms with Crippen molar-refractivity contribution in [3.05, 3.63) is 21.7 Å². The van der Waals surface area contributed by atoms with Crippen molar-refractivity contribution in [1.29, 1.82) is 0 Å². The number of Topliss-reactive ketones (excluding diaryl/α,β-unsaturated/α-hetero) is 1. The van der Waals surface area contributed by atoms with Gasteiger partial charge >= 0.3 is 12.3 Å². The highest BCUT2D eigenvalue weighted by Crippen LogP contribution is 2.27.